The van der Waals surface area contributed by atoms with Crippen LogP contribution in [0.2, 0.25) is 10.0 Å². The van der Waals surface area contributed by atoms with Crippen molar-refractivity contribution in [1.82, 2.24) is 0 Å². The molecular formula is C10H10Cl2O3. The van der Waals surface area contributed by atoms with Gasteiger partial charge in [0.25, 0.3) is 0 Å². The second kappa shape index (κ2) is 5.24. The van der Waals surface area contributed by atoms with Gasteiger partial charge in [0, 0.05) is 10.0 Å². The van der Waals surface area contributed by atoms with Crippen LogP contribution in [0.1, 0.15) is 6.92 Å². The molecule has 3 nitrogen and oxygen atoms in total. The fourth-order valence-electron chi connectivity index (χ4n) is 1.01. The van der Waals surface area contributed by atoms with Crippen molar-refractivity contribution in [3.05, 3.63) is 28.2 Å². The van der Waals surface area contributed by atoms with Crippen LogP contribution in [-0.4, -0.2) is 19.2 Å². The lowest BCUT2D eigenvalue weighted by Crippen LogP contribution is -2.24. The molecule has 0 N–H and O–H groups in total. The molecule has 1 rings (SSSR count). The highest BCUT2D eigenvalue weighted by Gasteiger charge is 2.15. The Morgan fingerprint density at radius 3 is 2.27 bits per heavy atom. The van der Waals surface area contributed by atoms with Crippen molar-refractivity contribution in [2.24, 2.45) is 0 Å². The lowest BCUT2D eigenvalue weighted by atomic mass is 10.3. The largest absolute Gasteiger partial charge is 0.479 e. The van der Waals surface area contributed by atoms with Gasteiger partial charge in [0.2, 0.25) is 0 Å². The second-order valence-corrected chi connectivity index (χ2v) is 3.76. The third-order valence-corrected chi connectivity index (χ3v) is 2.12. The summed E-state index contributed by atoms with van der Waals surface area (Å²) in [5.41, 5.74) is 0. The Hall–Kier alpha value is -0.930. The molecule has 0 fully saturated rings. The third kappa shape index (κ3) is 3.61. The molecule has 0 spiro atoms. The van der Waals surface area contributed by atoms with E-state index in [4.69, 9.17) is 27.9 Å². The topological polar surface area (TPSA) is 35.5 Å². The van der Waals surface area contributed by atoms with E-state index in [-0.39, 0.29) is 0 Å². The Kier molecular flexibility index (Phi) is 4.24. The first-order valence-electron chi connectivity index (χ1n) is 4.23. The summed E-state index contributed by atoms with van der Waals surface area (Å²) in [5.74, 6) is -0.0171. The standard InChI is InChI=1S/C10H10Cl2O3/c1-6(10(13)14-2)15-9-4-7(11)3-8(12)5-9/h3-6H,1-2H3. The van der Waals surface area contributed by atoms with E-state index >= 15 is 0 Å². The van der Waals surface area contributed by atoms with Crippen molar-refractivity contribution in [1.29, 1.82) is 0 Å². The molecule has 1 unspecified atom stereocenters. The molecule has 15 heavy (non-hydrogen) atoms. The van der Waals surface area contributed by atoms with Gasteiger partial charge in [-0.1, -0.05) is 23.2 Å². The van der Waals surface area contributed by atoms with Crippen LogP contribution in [0, 0.1) is 0 Å². The number of hydrogen-bond donors (Lipinski definition) is 0. The molecule has 0 amide bonds. The summed E-state index contributed by atoms with van der Waals surface area (Å²) in [6, 6.07) is 4.73. The van der Waals surface area contributed by atoms with E-state index in [0.29, 0.717) is 15.8 Å². The third-order valence-electron chi connectivity index (χ3n) is 1.68. The summed E-state index contributed by atoms with van der Waals surface area (Å²) in [7, 11) is 1.30. The van der Waals surface area contributed by atoms with Crippen molar-refractivity contribution in [3.63, 3.8) is 0 Å². The number of rotatable bonds is 3. The average Bonchev–Trinajstić information content (AvgIpc) is 2.14. The number of carbonyl (C=O) groups is 1. The van der Waals surface area contributed by atoms with Crippen molar-refractivity contribution >= 4 is 29.2 Å². The number of hydrogen-bond acceptors (Lipinski definition) is 3. The van der Waals surface area contributed by atoms with Crippen LogP contribution in [0.25, 0.3) is 0 Å². The molecular weight excluding hydrogens is 239 g/mol. The number of methoxy groups -OCH3 is 1. The van der Waals surface area contributed by atoms with Crippen molar-refractivity contribution < 1.29 is 14.3 Å². The smallest absolute Gasteiger partial charge is 0.346 e. The van der Waals surface area contributed by atoms with Crippen LogP contribution in [0.4, 0.5) is 0 Å². The Balaban J connectivity index is 2.76. The van der Waals surface area contributed by atoms with Crippen molar-refractivity contribution in [3.8, 4) is 5.75 Å². The van der Waals surface area contributed by atoms with Gasteiger partial charge in [-0.3, -0.25) is 0 Å². The summed E-state index contributed by atoms with van der Waals surface area (Å²) in [6.07, 6.45) is -0.690. The summed E-state index contributed by atoms with van der Waals surface area (Å²) in [6.45, 7) is 1.58. The maximum Gasteiger partial charge on any atom is 0.346 e. The normalized spacial score (nSPS) is 12.0. The maximum atomic E-state index is 11.1. The van der Waals surface area contributed by atoms with Crippen LogP contribution in [0.5, 0.6) is 5.75 Å². The predicted octanol–water partition coefficient (Wildman–Crippen LogP) is 2.93. The minimum Gasteiger partial charge on any atom is -0.479 e. The molecule has 0 saturated carbocycles. The van der Waals surface area contributed by atoms with E-state index in [0.717, 1.165) is 0 Å². The molecule has 0 aromatic heterocycles. The zero-order valence-electron chi connectivity index (χ0n) is 8.29. The Bertz CT molecular complexity index is 345. The zero-order valence-corrected chi connectivity index (χ0v) is 9.80. The van der Waals surface area contributed by atoms with Gasteiger partial charge in [-0.05, 0) is 25.1 Å². The summed E-state index contributed by atoms with van der Waals surface area (Å²) >= 11 is 11.5. The molecule has 1 aromatic rings. The fourth-order valence-corrected chi connectivity index (χ4v) is 1.52. The summed E-state index contributed by atoms with van der Waals surface area (Å²) < 4.78 is 9.80. The van der Waals surface area contributed by atoms with Crippen LogP contribution < -0.4 is 4.74 Å². The van der Waals surface area contributed by atoms with E-state index in [9.17, 15) is 4.79 Å². The van der Waals surface area contributed by atoms with Gasteiger partial charge in [0.1, 0.15) is 5.75 Å². The van der Waals surface area contributed by atoms with Crippen LogP contribution >= 0.6 is 23.2 Å². The monoisotopic (exact) mass is 248 g/mol. The van der Waals surface area contributed by atoms with Gasteiger partial charge in [0.15, 0.2) is 6.10 Å². The van der Waals surface area contributed by atoms with E-state index in [1.54, 1.807) is 25.1 Å². The zero-order chi connectivity index (χ0) is 11.4. The van der Waals surface area contributed by atoms with Gasteiger partial charge in [-0.15, -0.1) is 0 Å². The first kappa shape index (κ1) is 12.1. The highest BCUT2D eigenvalue weighted by Crippen LogP contribution is 2.24. The average molecular weight is 249 g/mol. The molecule has 0 aliphatic heterocycles. The molecule has 0 bridgehead atoms. The molecule has 0 aliphatic carbocycles. The van der Waals surface area contributed by atoms with Crippen LogP contribution in [-0.2, 0) is 9.53 Å². The number of halogens is 2. The number of esters is 1. The maximum absolute atomic E-state index is 11.1. The molecule has 82 valence electrons. The number of carbonyl (C=O) groups excluding carboxylic acids is 1. The van der Waals surface area contributed by atoms with Crippen LogP contribution in [0.3, 0.4) is 0 Å². The highest BCUT2D eigenvalue weighted by atomic mass is 35.5. The van der Waals surface area contributed by atoms with E-state index < -0.39 is 12.1 Å². The van der Waals surface area contributed by atoms with Gasteiger partial charge in [0.05, 0.1) is 7.11 Å². The molecule has 1 atom stereocenters. The van der Waals surface area contributed by atoms with Gasteiger partial charge in [-0.25, -0.2) is 4.79 Å². The Morgan fingerprint density at radius 1 is 1.27 bits per heavy atom. The Morgan fingerprint density at radius 2 is 1.80 bits per heavy atom. The van der Waals surface area contributed by atoms with Gasteiger partial charge >= 0.3 is 5.97 Å². The first-order chi connectivity index (χ1) is 7.02. The fraction of sp³-hybridized carbons (Fsp3) is 0.300. The first-order valence-corrected chi connectivity index (χ1v) is 4.99. The molecule has 0 aliphatic rings. The highest BCUT2D eigenvalue weighted by molar-refractivity contribution is 6.34. The van der Waals surface area contributed by atoms with Crippen LogP contribution in [0.15, 0.2) is 18.2 Å². The lowest BCUT2D eigenvalue weighted by Gasteiger charge is -2.12. The second-order valence-electron chi connectivity index (χ2n) is 2.89. The quantitative estimate of drug-likeness (QED) is 0.772. The molecule has 1 aromatic carbocycles. The molecule has 0 saturated heterocycles. The lowest BCUT2D eigenvalue weighted by molar-refractivity contribution is -0.147. The SMILES string of the molecule is COC(=O)C(C)Oc1cc(Cl)cc(Cl)c1. The molecule has 0 radical (unpaired) electrons. The van der Waals surface area contributed by atoms with Crippen molar-refractivity contribution in [2.45, 2.75) is 13.0 Å². The van der Waals surface area contributed by atoms with E-state index in [2.05, 4.69) is 4.74 Å². The number of ether oxygens (including phenoxy) is 2. The molecule has 5 heteroatoms. The Labute approximate surface area is 97.9 Å². The molecule has 0 heterocycles. The summed E-state index contributed by atoms with van der Waals surface area (Å²) in [4.78, 5) is 11.1. The van der Waals surface area contributed by atoms with E-state index in [1.807, 2.05) is 0 Å². The van der Waals surface area contributed by atoms with E-state index in [1.165, 1.54) is 7.11 Å². The number of benzene rings is 1. The minimum atomic E-state index is -0.690. The predicted molar refractivity (Wildman–Crippen MR) is 58.6 cm³/mol. The van der Waals surface area contributed by atoms with Gasteiger partial charge < -0.3 is 9.47 Å². The van der Waals surface area contributed by atoms with Gasteiger partial charge in [-0.2, -0.15) is 0 Å². The summed E-state index contributed by atoms with van der Waals surface area (Å²) in [5, 5.41) is 0.907. The van der Waals surface area contributed by atoms with Crippen molar-refractivity contribution in [2.75, 3.05) is 7.11 Å². The minimum absolute atomic E-state index is 0.436.